The summed E-state index contributed by atoms with van der Waals surface area (Å²) in [5, 5.41) is 0. The van der Waals surface area contributed by atoms with Crippen molar-refractivity contribution in [2.45, 2.75) is 32.7 Å². The zero-order valence-corrected chi connectivity index (χ0v) is 11.8. The van der Waals surface area contributed by atoms with E-state index in [9.17, 15) is 4.79 Å². The first-order chi connectivity index (χ1) is 9.50. The predicted molar refractivity (Wildman–Crippen MR) is 77.4 cm³/mol. The monoisotopic (exact) mass is 269 g/mol. The highest BCUT2D eigenvalue weighted by atomic mass is 16.1. The van der Waals surface area contributed by atoms with E-state index in [-0.39, 0.29) is 11.5 Å². The van der Waals surface area contributed by atoms with Crippen molar-refractivity contribution in [2.24, 2.45) is 11.1 Å². The highest BCUT2D eigenvalue weighted by molar-refractivity contribution is 5.90. The molecule has 1 aliphatic carbocycles. The third kappa shape index (κ3) is 1.92. The van der Waals surface area contributed by atoms with Crippen LogP contribution >= 0.6 is 0 Å². The fraction of sp³-hybridized carbons (Fsp3) is 0.375. The smallest absolute Gasteiger partial charge is 0.267 e. The third-order valence-electron chi connectivity index (χ3n) is 4.33. The molecule has 0 bridgehead atoms. The SMILES string of the molecule is CC1(C)CCc2ccccc2C1n1cncc1C(N)=O. The highest BCUT2D eigenvalue weighted by Gasteiger charge is 2.38. The standard InChI is InChI=1S/C16H19N3O/c1-16(2)8-7-11-5-3-4-6-12(11)14(16)19-10-18-9-13(19)15(17)20/h3-6,9-10,14H,7-8H2,1-2H3,(H2,17,20). The van der Waals surface area contributed by atoms with Gasteiger partial charge in [-0.25, -0.2) is 4.98 Å². The van der Waals surface area contributed by atoms with Crippen LogP contribution in [0.2, 0.25) is 0 Å². The van der Waals surface area contributed by atoms with Crippen LogP contribution in [0.1, 0.15) is 47.9 Å². The molecule has 1 aliphatic rings. The molecule has 3 rings (SSSR count). The molecule has 2 aromatic rings. The number of amides is 1. The number of aromatic nitrogens is 2. The van der Waals surface area contributed by atoms with Crippen molar-refractivity contribution >= 4 is 5.91 Å². The molecule has 1 aromatic heterocycles. The summed E-state index contributed by atoms with van der Waals surface area (Å²) in [6.07, 6.45) is 5.41. The number of imidazole rings is 1. The van der Waals surface area contributed by atoms with Gasteiger partial charge in [-0.15, -0.1) is 0 Å². The first-order valence-corrected chi connectivity index (χ1v) is 6.90. The van der Waals surface area contributed by atoms with Crippen molar-refractivity contribution in [3.05, 3.63) is 53.6 Å². The van der Waals surface area contributed by atoms with Gasteiger partial charge in [0.2, 0.25) is 0 Å². The fourth-order valence-corrected chi connectivity index (χ4v) is 3.27. The van der Waals surface area contributed by atoms with Crippen molar-refractivity contribution in [3.8, 4) is 0 Å². The van der Waals surface area contributed by atoms with E-state index < -0.39 is 5.91 Å². The highest BCUT2D eigenvalue weighted by Crippen LogP contribution is 2.46. The number of nitrogens with two attached hydrogens (primary N) is 1. The molecule has 0 spiro atoms. The van der Waals surface area contributed by atoms with Crippen molar-refractivity contribution in [1.82, 2.24) is 9.55 Å². The van der Waals surface area contributed by atoms with Gasteiger partial charge in [0.15, 0.2) is 0 Å². The zero-order chi connectivity index (χ0) is 14.3. The van der Waals surface area contributed by atoms with E-state index in [1.807, 2.05) is 10.6 Å². The Morgan fingerprint density at radius 2 is 2.15 bits per heavy atom. The number of carbonyl (C=O) groups excluding carboxylic acids is 1. The number of rotatable bonds is 2. The topological polar surface area (TPSA) is 60.9 Å². The van der Waals surface area contributed by atoms with Crippen molar-refractivity contribution in [1.29, 1.82) is 0 Å². The van der Waals surface area contributed by atoms with Crippen LogP contribution in [0.3, 0.4) is 0 Å². The van der Waals surface area contributed by atoms with Gasteiger partial charge in [-0.3, -0.25) is 4.79 Å². The van der Waals surface area contributed by atoms with E-state index in [1.54, 1.807) is 12.5 Å². The van der Waals surface area contributed by atoms with Crippen LogP contribution in [0.15, 0.2) is 36.8 Å². The molecule has 1 atom stereocenters. The average Bonchev–Trinajstić information content (AvgIpc) is 2.86. The van der Waals surface area contributed by atoms with Crippen LogP contribution in [0.4, 0.5) is 0 Å². The Morgan fingerprint density at radius 1 is 1.40 bits per heavy atom. The molecule has 20 heavy (non-hydrogen) atoms. The Kier molecular flexibility index (Phi) is 2.89. The van der Waals surface area contributed by atoms with E-state index in [0.29, 0.717) is 5.69 Å². The Labute approximate surface area is 118 Å². The molecule has 104 valence electrons. The van der Waals surface area contributed by atoms with E-state index in [4.69, 9.17) is 5.73 Å². The Bertz CT molecular complexity index is 657. The minimum Gasteiger partial charge on any atom is -0.364 e. The lowest BCUT2D eigenvalue weighted by Crippen LogP contribution is -2.35. The molecule has 1 amide bonds. The summed E-state index contributed by atoms with van der Waals surface area (Å²) >= 11 is 0. The van der Waals surface area contributed by atoms with Crippen LogP contribution in [0.25, 0.3) is 0 Å². The van der Waals surface area contributed by atoms with Crippen molar-refractivity contribution in [2.75, 3.05) is 0 Å². The van der Waals surface area contributed by atoms with Crippen LogP contribution < -0.4 is 5.73 Å². The van der Waals surface area contributed by atoms with Gasteiger partial charge in [0.05, 0.1) is 18.6 Å². The molecular weight excluding hydrogens is 250 g/mol. The molecule has 1 aromatic carbocycles. The first kappa shape index (κ1) is 12.9. The lowest BCUT2D eigenvalue weighted by molar-refractivity contribution is 0.0983. The molecule has 0 radical (unpaired) electrons. The zero-order valence-electron chi connectivity index (χ0n) is 11.8. The molecular formula is C16H19N3O. The minimum atomic E-state index is -0.429. The van der Waals surface area contributed by atoms with Gasteiger partial charge in [0.25, 0.3) is 5.91 Å². The second-order valence-electron chi connectivity index (χ2n) is 6.14. The maximum atomic E-state index is 11.6. The Balaban J connectivity index is 2.19. The van der Waals surface area contributed by atoms with E-state index in [0.717, 1.165) is 12.8 Å². The summed E-state index contributed by atoms with van der Waals surface area (Å²) in [5.41, 5.74) is 8.62. The number of hydrogen-bond donors (Lipinski definition) is 1. The van der Waals surface area contributed by atoms with Gasteiger partial charge in [0, 0.05) is 0 Å². The quantitative estimate of drug-likeness (QED) is 0.910. The number of benzene rings is 1. The van der Waals surface area contributed by atoms with Gasteiger partial charge in [-0.05, 0) is 29.4 Å². The number of nitrogens with zero attached hydrogens (tertiary/aromatic N) is 2. The van der Waals surface area contributed by atoms with Gasteiger partial charge in [-0.1, -0.05) is 38.1 Å². The number of aryl methyl sites for hydroxylation is 1. The normalized spacial score (nSPS) is 20.4. The van der Waals surface area contributed by atoms with Gasteiger partial charge in [0.1, 0.15) is 5.69 Å². The van der Waals surface area contributed by atoms with Crippen molar-refractivity contribution < 1.29 is 4.79 Å². The second-order valence-corrected chi connectivity index (χ2v) is 6.14. The lowest BCUT2D eigenvalue weighted by atomic mass is 9.70. The number of carbonyl (C=O) groups is 1. The lowest BCUT2D eigenvalue weighted by Gasteiger charge is -2.41. The number of primary amides is 1. The summed E-state index contributed by atoms with van der Waals surface area (Å²) in [4.78, 5) is 15.7. The molecule has 1 unspecified atom stereocenters. The van der Waals surface area contributed by atoms with Crippen LogP contribution in [-0.2, 0) is 6.42 Å². The molecule has 0 saturated carbocycles. The minimum absolute atomic E-state index is 0.0548. The average molecular weight is 269 g/mol. The Morgan fingerprint density at radius 3 is 2.90 bits per heavy atom. The molecule has 0 aliphatic heterocycles. The fourth-order valence-electron chi connectivity index (χ4n) is 3.27. The summed E-state index contributed by atoms with van der Waals surface area (Å²) < 4.78 is 1.93. The summed E-state index contributed by atoms with van der Waals surface area (Å²) in [5.74, 6) is -0.429. The molecule has 0 fully saturated rings. The third-order valence-corrected chi connectivity index (χ3v) is 4.33. The van der Waals surface area contributed by atoms with Crippen LogP contribution in [0.5, 0.6) is 0 Å². The number of hydrogen-bond acceptors (Lipinski definition) is 2. The van der Waals surface area contributed by atoms with E-state index in [1.165, 1.54) is 11.1 Å². The predicted octanol–water partition coefficient (Wildman–Crippen LogP) is 2.54. The van der Waals surface area contributed by atoms with Gasteiger partial charge < -0.3 is 10.3 Å². The van der Waals surface area contributed by atoms with E-state index in [2.05, 4.69) is 37.0 Å². The Hall–Kier alpha value is -2.10. The maximum absolute atomic E-state index is 11.6. The molecule has 2 N–H and O–H groups in total. The van der Waals surface area contributed by atoms with E-state index >= 15 is 0 Å². The largest absolute Gasteiger partial charge is 0.364 e. The summed E-state index contributed by atoms with van der Waals surface area (Å²) in [7, 11) is 0. The van der Waals surface area contributed by atoms with Gasteiger partial charge in [-0.2, -0.15) is 0 Å². The van der Waals surface area contributed by atoms with Crippen LogP contribution in [0, 0.1) is 5.41 Å². The molecule has 0 saturated heterocycles. The number of fused-ring (bicyclic) bond motifs is 1. The summed E-state index contributed by atoms with van der Waals surface area (Å²) in [6, 6.07) is 8.52. The van der Waals surface area contributed by atoms with Crippen LogP contribution in [-0.4, -0.2) is 15.5 Å². The van der Waals surface area contributed by atoms with Crippen molar-refractivity contribution in [3.63, 3.8) is 0 Å². The van der Waals surface area contributed by atoms with Gasteiger partial charge >= 0.3 is 0 Å². The summed E-state index contributed by atoms with van der Waals surface area (Å²) in [6.45, 7) is 4.47. The molecule has 4 heteroatoms. The first-order valence-electron chi connectivity index (χ1n) is 6.90. The second kappa shape index (κ2) is 4.47. The molecule has 4 nitrogen and oxygen atoms in total. The molecule has 1 heterocycles. The maximum Gasteiger partial charge on any atom is 0.267 e.